The van der Waals surface area contributed by atoms with E-state index in [0.29, 0.717) is 15.6 Å². The average Bonchev–Trinajstić information content (AvgIpc) is 3.12. The van der Waals surface area contributed by atoms with Gasteiger partial charge in [-0.2, -0.15) is 8.78 Å². The Hall–Kier alpha value is -0.630. The van der Waals surface area contributed by atoms with Gasteiger partial charge in [-0.15, -0.1) is 12.4 Å². The van der Waals surface area contributed by atoms with Crippen LogP contribution in [0.5, 0.6) is 11.5 Å². The normalized spacial score (nSPS) is 23.7. The number of benzene rings is 1. The molecule has 0 radical (unpaired) electrons. The van der Waals surface area contributed by atoms with E-state index < -0.39 is 6.61 Å². The van der Waals surface area contributed by atoms with Crippen LogP contribution in [-0.4, -0.2) is 44.8 Å². The van der Waals surface area contributed by atoms with Crippen LogP contribution >= 0.6 is 28.3 Å². The van der Waals surface area contributed by atoms with Crippen LogP contribution in [0.4, 0.5) is 8.78 Å². The van der Waals surface area contributed by atoms with Gasteiger partial charge in [0.2, 0.25) is 0 Å². The van der Waals surface area contributed by atoms with E-state index in [9.17, 15) is 8.78 Å². The molecular weight excluding hydrogens is 406 g/mol. The van der Waals surface area contributed by atoms with E-state index in [4.69, 9.17) is 4.74 Å². The molecule has 3 rings (SSSR count). The molecule has 2 saturated heterocycles. The smallest absolute Gasteiger partial charge is 0.387 e. The number of methoxy groups -OCH3 is 1. The van der Waals surface area contributed by atoms with E-state index in [1.54, 1.807) is 6.07 Å². The lowest BCUT2D eigenvalue weighted by atomic mass is 9.86. The molecule has 8 heteroatoms. The quantitative estimate of drug-likeness (QED) is 0.777. The van der Waals surface area contributed by atoms with Gasteiger partial charge in [-0.25, -0.2) is 0 Å². The molecule has 136 valence electrons. The fraction of sp³-hybridized carbons (Fsp3) is 0.625. The molecule has 1 N–H and O–H groups in total. The number of ether oxygens (including phenoxy) is 2. The van der Waals surface area contributed by atoms with Crippen LogP contribution in [-0.2, 0) is 6.54 Å². The maximum Gasteiger partial charge on any atom is 0.387 e. The molecule has 2 aliphatic rings. The van der Waals surface area contributed by atoms with Gasteiger partial charge in [0.1, 0.15) is 0 Å². The third-order valence-electron chi connectivity index (χ3n) is 4.75. The molecule has 24 heavy (non-hydrogen) atoms. The van der Waals surface area contributed by atoms with Crippen LogP contribution in [0.1, 0.15) is 18.4 Å². The molecule has 1 atom stereocenters. The van der Waals surface area contributed by atoms with E-state index in [1.807, 2.05) is 6.07 Å². The molecule has 0 aliphatic carbocycles. The highest BCUT2D eigenvalue weighted by atomic mass is 79.9. The summed E-state index contributed by atoms with van der Waals surface area (Å²) < 4.78 is 35.2. The summed E-state index contributed by atoms with van der Waals surface area (Å²) in [6.45, 7) is 2.25. The third kappa shape index (κ3) is 4.31. The topological polar surface area (TPSA) is 33.7 Å². The Morgan fingerprint density at radius 1 is 1.38 bits per heavy atom. The minimum atomic E-state index is -2.88. The second kappa shape index (κ2) is 8.17. The van der Waals surface area contributed by atoms with Gasteiger partial charge in [0.05, 0.1) is 11.6 Å². The van der Waals surface area contributed by atoms with E-state index in [1.165, 1.54) is 20.0 Å². The first kappa shape index (κ1) is 19.7. The SMILES string of the molecule is COc1cc(CN2CCC3(CCNC3)C2)cc(Br)c1OC(F)F.Cl. The lowest BCUT2D eigenvalue weighted by molar-refractivity contribution is -0.0517. The van der Waals surface area contributed by atoms with Crippen LogP contribution in [0.15, 0.2) is 16.6 Å². The van der Waals surface area contributed by atoms with Gasteiger partial charge in [-0.3, -0.25) is 4.90 Å². The lowest BCUT2D eigenvalue weighted by Crippen LogP contribution is -2.28. The van der Waals surface area contributed by atoms with Crippen LogP contribution in [0.2, 0.25) is 0 Å². The number of likely N-dealkylation sites (tertiary alicyclic amines) is 1. The summed E-state index contributed by atoms with van der Waals surface area (Å²) in [5.74, 6) is 0.371. The number of hydrogen-bond donors (Lipinski definition) is 1. The highest BCUT2D eigenvalue weighted by Crippen LogP contribution is 2.40. The van der Waals surface area contributed by atoms with Crippen molar-refractivity contribution in [1.29, 1.82) is 0 Å². The van der Waals surface area contributed by atoms with Crippen LogP contribution in [0, 0.1) is 5.41 Å². The molecule has 2 fully saturated rings. The van der Waals surface area contributed by atoms with Crippen molar-refractivity contribution < 1.29 is 18.3 Å². The number of nitrogens with zero attached hydrogens (tertiary/aromatic N) is 1. The fourth-order valence-electron chi connectivity index (χ4n) is 3.63. The Kier molecular flexibility index (Phi) is 6.70. The minimum absolute atomic E-state index is 0. The minimum Gasteiger partial charge on any atom is -0.493 e. The first-order valence-electron chi connectivity index (χ1n) is 7.76. The van der Waals surface area contributed by atoms with Gasteiger partial charge < -0.3 is 14.8 Å². The molecule has 0 bridgehead atoms. The van der Waals surface area contributed by atoms with E-state index in [0.717, 1.165) is 38.3 Å². The predicted molar refractivity (Wildman–Crippen MR) is 94.4 cm³/mol. The third-order valence-corrected chi connectivity index (χ3v) is 5.34. The van der Waals surface area contributed by atoms with Gasteiger partial charge >= 0.3 is 6.61 Å². The number of alkyl halides is 2. The van der Waals surface area contributed by atoms with Crippen LogP contribution in [0.25, 0.3) is 0 Å². The molecule has 1 aromatic rings. The molecule has 2 aliphatic heterocycles. The van der Waals surface area contributed by atoms with Crippen molar-refractivity contribution in [3.8, 4) is 11.5 Å². The van der Waals surface area contributed by atoms with Gasteiger partial charge in [-0.1, -0.05) is 0 Å². The second-order valence-electron chi connectivity index (χ2n) is 6.37. The molecule has 1 spiro atoms. The second-order valence-corrected chi connectivity index (χ2v) is 7.23. The first-order valence-corrected chi connectivity index (χ1v) is 8.55. The summed E-state index contributed by atoms with van der Waals surface area (Å²) in [5.41, 5.74) is 1.44. The van der Waals surface area contributed by atoms with Crippen LogP contribution in [0.3, 0.4) is 0 Å². The van der Waals surface area contributed by atoms with Crippen molar-refractivity contribution in [3.05, 3.63) is 22.2 Å². The zero-order chi connectivity index (χ0) is 16.4. The maximum atomic E-state index is 12.5. The molecular formula is C16H22BrClF2N2O2. The Morgan fingerprint density at radius 2 is 2.17 bits per heavy atom. The van der Waals surface area contributed by atoms with E-state index in [2.05, 4.69) is 30.9 Å². The molecule has 1 aromatic carbocycles. The Balaban J connectivity index is 0.00000208. The van der Waals surface area contributed by atoms with Crippen molar-refractivity contribution in [2.45, 2.75) is 26.0 Å². The average molecular weight is 428 g/mol. The van der Waals surface area contributed by atoms with Gasteiger partial charge in [0.25, 0.3) is 0 Å². The van der Waals surface area contributed by atoms with Crippen molar-refractivity contribution >= 4 is 28.3 Å². The molecule has 0 amide bonds. The molecule has 2 heterocycles. The summed E-state index contributed by atoms with van der Waals surface area (Å²) >= 11 is 3.31. The van der Waals surface area contributed by atoms with Crippen LogP contribution < -0.4 is 14.8 Å². The Labute approximate surface area is 155 Å². The zero-order valence-electron chi connectivity index (χ0n) is 13.5. The number of hydrogen-bond acceptors (Lipinski definition) is 4. The summed E-state index contributed by atoms with van der Waals surface area (Å²) in [4.78, 5) is 2.42. The standard InChI is InChI=1S/C16H21BrF2N2O2.ClH/c1-22-13-7-11(6-12(17)14(13)23-15(18)19)8-21-5-3-16(10-21)2-4-20-9-16;/h6-7,15,20H,2-5,8-10H2,1H3;1H. The number of nitrogens with one attached hydrogen (secondary N) is 1. The van der Waals surface area contributed by atoms with Crippen molar-refractivity contribution in [1.82, 2.24) is 10.2 Å². The van der Waals surface area contributed by atoms with E-state index in [-0.39, 0.29) is 18.2 Å². The molecule has 1 unspecified atom stereocenters. The lowest BCUT2D eigenvalue weighted by Gasteiger charge is -2.23. The summed E-state index contributed by atoms with van der Waals surface area (Å²) in [6.07, 6.45) is 2.45. The molecule has 0 aromatic heterocycles. The van der Waals surface area contributed by atoms with Crippen molar-refractivity contribution in [2.24, 2.45) is 5.41 Å². The number of rotatable bonds is 5. The van der Waals surface area contributed by atoms with Gasteiger partial charge in [-0.05, 0) is 65.0 Å². The highest BCUT2D eigenvalue weighted by molar-refractivity contribution is 9.10. The Bertz CT molecular complexity index is 571. The number of halogens is 4. The summed E-state index contributed by atoms with van der Waals surface area (Å²) in [7, 11) is 1.46. The maximum absolute atomic E-state index is 12.5. The van der Waals surface area contributed by atoms with E-state index >= 15 is 0 Å². The monoisotopic (exact) mass is 426 g/mol. The summed E-state index contributed by atoms with van der Waals surface area (Å²) in [6, 6.07) is 3.61. The fourth-order valence-corrected chi connectivity index (χ4v) is 4.22. The molecule has 0 saturated carbocycles. The summed E-state index contributed by atoms with van der Waals surface area (Å²) in [5, 5.41) is 3.45. The van der Waals surface area contributed by atoms with Crippen molar-refractivity contribution in [3.63, 3.8) is 0 Å². The van der Waals surface area contributed by atoms with Crippen molar-refractivity contribution in [2.75, 3.05) is 33.3 Å². The largest absolute Gasteiger partial charge is 0.493 e. The molecule has 4 nitrogen and oxygen atoms in total. The highest BCUT2D eigenvalue weighted by Gasteiger charge is 2.40. The first-order chi connectivity index (χ1) is 11.0. The Morgan fingerprint density at radius 3 is 2.79 bits per heavy atom. The van der Waals surface area contributed by atoms with Gasteiger partial charge in [0.15, 0.2) is 11.5 Å². The zero-order valence-corrected chi connectivity index (χ0v) is 15.9. The van der Waals surface area contributed by atoms with Gasteiger partial charge in [0, 0.05) is 19.6 Å². The predicted octanol–water partition coefficient (Wildman–Crippen LogP) is 3.67.